The Balaban J connectivity index is 1.43. The third kappa shape index (κ3) is 5.39. The number of morpholine rings is 1. The second-order valence-corrected chi connectivity index (χ2v) is 9.58. The van der Waals surface area contributed by atoms with Crippen molar-refractivity contribution >= 4 is 29.4 Å². The summed E-state index contributed by atoms with van der Waals surface area (Å²) < 4.78 is 13.0. The number of hydrogen-bond acceptors (Lipinski definition) is 8. The predicted molar refractivity (Wildman–Crippen MR) is 128 cm³/mol. The Labute approximate surface area is 202 Å². The maximum atomic E-state index is 13.0. The molecule has 3 unspecified atom stereocenters. The van der Waals surface area contributed by atoms with E-state index in [4.69, 9.17) is 9.47 Å². The smallest absolute Gasteiger partial charge is 0.339 e. The minimum atomic E-state index is -0.886. The molecular formula is C24H29N5O4S. The number of aryl methyl sites for hydroxylation is 2. The lowest BCUT2D eigenvalue weighted by Gasteiger charge is -2.36. The lowest BCUT2D eigenvalue weighted by molar-refractivity contribution is -0.151. The highest BCUT2D eigenvalue weighted by Crippen LogP contribution is 2.24. The van der Waals surface area contributed by atoms with E-state index in [1.807, 2.05) is 45.9 Å². The normalized spacial score (nSPS) is 19.3. The zero-order valence-corrected chi connectivity index (χ0v) is 20.8. The molecule has 1 aliphatic rings. The molecule has 0 radical (unpaired) electrons. The van der Waals surface area contributed by atoms with Crippen molar-refractivity contribution in [2.24, 2.45) is 0 Å². The average Bonchev–Trinajstić information content (AvgIpc) is 3.20. The number of thioether (sulfide) groups is 1. The van der Waals surface area contributed by atoms with E-state index in [1.165, 1.54) is 11.8 Å². The molecular weight excluding hydrogens is 454 g/mol. The van der Waals surface area contributed by atoms with Gasteiger partial charge in [-0.3, -0.25) is 4.79 Å². The van der Waals surface area contributed by atoms with Gasteiger partial charge in [-0.25, -0.2) is 14.3 Å². The molecule has 3 heterocycles. The van der Waals surface area contributed by atoms with Crippen molar-refractivity contribution in [1.82, 2.24) is 24.5 Å². The van der Waals surface area contributed by atoms with E-state index in [0.717, 1.165) is 17.0 Å². The van der Waals surface area contributed by atoms with Gasteiger partial charge in [0.1, 0.15) is 0 Å². The van der Waals surface area contributed by atoms with Crippen LogP contribution in [0.5, 0.6) is 0 Å². The Morgan fingerprint density at radius 3 is 2.62 bits per heavy atom. The number of carbonyl (C=O) groups excluding carboxylic acids is 2. The van der Waals surface area contributed by atoms with Crippen LogP contribution in [0.25, 0.3) is 5.78 Å². The van der Waals surface area contributed by atoms with Crippen molar-refractivity contribution in [3.63, 3.8) is 0 Å². The van der Waals surface area contributed by atoms with Crippen molar-refractivity contribution < 1.29 is 19.1 Å². The molecule has 2 aromatic heterocycles. The quantitative estimate of drug-likeness (QED) is 0.389. The van der Waals surface area contributed by atoms with Crippen LogP contribution in [0.4, 0.5) is 0 Å². The summed E-state index contributed by atoms with van der Waals surface area (Å²) in [4.78, 5) is 36.4. The number of ether oxygens (including phenoxy) is 2. The number of benzene rings is 1. The number of amides is 1. The van der Waals surface area contributed by atoms with Crippen LogP contribution in [0.2, 0.25) is 0 Å². The number of aromatic nitrogens is 4. The molecule has 0 aliphatic carbocycles. The van der Waals surface area contributed by atoms with Crippen LogP contribution in [0.3, 0.4) is 0 Å². The molecule has 1 amide bonds. The number of hydrogen-bond donors (Lipinski definition) is 0. The average molecular weight is 484 g/mol. The fraction of sp³-hybridized carbons (Fsp3) is 0.458. The summed E-state index contributed by atoms with van der Waals surface area (Å²) >= 11 is 1.41. The van der Waals surface area contributed by atoms with Crippen molar-refractivity contribution in [2.75, 3.05) is 13.1 Å². The van der Waals surface area contributed by atoms with Gasteiger partial charge < -0.3 is 14.4 Å². The van der Waals surface area contributed by atoms with E-state index in [9.17, 15) is 9.59 Å². The third-order valence-corrected chi connectivity index (χ3v) is 6.44. The first-order valence-electron chi connectivity index (χ1n) is 11.3. The molecule has 3 aromatic rings. The molecule has 4 rings (SSSR count). The Bertz CT molecular complexity index is 1200. The van der Waals surface area contributed by atoms with Crippen LogP contribution >= 0.6 is 11.8 Å². The fourth-order valence-corrected chi connectivity index (χ4v) is 4.91. The zero-order valence-electron chi connectivity index (χ0n) is 20.0. The van der Waals surface area contributed by atoms with Gasteiger partial charge in [0, 0.05) is 30.2 Å². The Morgan fingerprint density at radius 1 is 1.18 bits per heavy atom. The fourth-order valence-electron chi connectivity index (χ4n) is 4.09. The highest BCUT2D eigenvalue weighted by Gasteiger charge is 2.31. The SMILES string of the molecule is Cc1cc(C)n2nc(SCc3ccccc3C(=O)OC(C)C(=O)N3CC(C)OC(C)C3)nc2n1. The van der Waals surface area contributed by atoms with E-state index in [1.54, 1.807) is 28.5 Å². The Hall–Kier alpha value is -2.98. The van der Waals surface area contributed by atoms with Crippen molar-refractivity contribution in [2.45, 2.75) is 63.8 Å². The molecule has 3 atom stereocenters. The lowest BCUT2D eigenvalue weighted by atomic mass is 10.1. The molecule has 10 heteroatoms. The van der Waals surface area contributed by atoms with Crippen LogP contribution in [0, 0.1) is 13.8 Å². The van der Waals surface area contributed by atoms with Crippen LogP contribution in [-0.2, 0) is 20.0 Å². The summed E-state index contributed by atoms with van der Waals surface area (Å²) in [6, 6.07) is 9.17. The first kappa shape index (κ1) is 24.2. The molecule has 9 nitrogen and oxygen atoms in total. The van der Waals surface area contributed by atoms with Crippen molar-refractivity contribution in [3.8, 4) is 0 Å². The molecule has 1 aromatic carbocycles. The van der Waals surface area contributed by atoms with Gasteiger partial charge in [0.2, 0.25) is 5.16 Å². The van der Waals surface area contributed by atoms with Crippen LogP contribution in [0.1, 0.15) is 48.1 Å². The lowest BCUT2D eigenvalue weighted by Crippen LogP contribution is -2.51. The summed E-state index contributed by atoms with van der Waals surface area (Å²) in [5, 5.41) is 5.08. The molecule has 0 bridgehead atoms. The van der Waals surface area contributed by atoms with E-state index in [-0.39, 0.29) is 18.1 Å². The summed E-state index contributed by atoms with van der Waals surface area (Å²) in [6.07, 6.45) is -0.989. The van der Waals surface area contributed by atoms with Gasteiger partial charge in [-0.1, -0.05) is 30.0 Å². The van der Waals surface area contributed by atoms with Gasteiger partial charge in [0.25, 0.3) is 11.7 Å². The molecule has 1 fully saturated rings. The number of rotatable bonds is 6. The summed E-state index contributed by atoms with van der Waals surface area (Å²) in [5.41, 5.74) is 3.04. The highest BCUT2D eigenvalue weighted by molar-refractivity contribution is 7.98. The van der Waals surface area contributed by atoms with Crippen LogP contribution < -0.4 is 0 Å². The zero-order chi connectivity index (χ0) is 24.4. The molecule has 1 aliphatic heterocycles. The topological polar surface area (TPSA) is 98.9 Å². The van der Waals surface area contributed by atoms with E-state index >= 15 is 0 Å². The van der Waals surface area contributed by atoms with E-state index < -0.39 is 12.1 Å². The van der Waals surface area contributed by atoms with E-state index in [0.29, 0.717) is 35.3 Å². The van der Waals surface area contributed by atoms with Gasteiger partial charge >= 0.3 is 5.97 Å². The predicted octanol–water partition coefficient (Wildman–Crippen LogP) is 3.21. The van der Waals surface area contributed by atoms with Gasteiger partial charge in [-0.15, -0.1) is 5.10 Å². The van der Waals surface area contributed by atoms with Crippen LogP contribution in [-0.4, -0.2) is 67.8 Å². The summed E-state index contributed by atoms with van der Waals surface area (Å²) in [5.74, 6) is 0.282. The van der Waals surface area contributed by atoms with E-state index in [2.05, 4.69) is 15.1 Å². The maximum absolute atomic E-state index is 13.0. The van der Waals surface area contributed by atoms with Crippen molar-refractivity contribution in [3.05, 3.63) is 52.8 Å². The highest BCUT2D eigenvalue weighted by atomic mass is 32.2. The minimum Gasteiger partial charge on any atom is -0.449 e. The maximum Gasteiger partial charge on any atom is 0.339 e. The number of nitrogens with zero attached hydrogens (tertiary/aromatic N) is 5. The Morgan fingerprint density at radius 2 is 1.88 bits per heavy atom. The first-order valence-corrected chi connectivity index (χ1v) is 12.3. The van der Waals surface area contributed by atoms with Gasteiger partial charge in [-0.2, -0.15) is 4.98 Å². The summed E-state index contributed by atoms with van der Waals surface area (Å²) in [6.45, 7) is 10.3. The second kappa shape index (κ2) is 10.1. The molecule has 0 spiro atoms. The van der Waals surface area contributed by atoms with Crippen LogP contribution in [0.15, 0.2) is 35.5 Å². The standard InChI is InChI=1S/C24H29N5O4S/c1-14-10-15(2)29-23(25-14)26-24(27-29)34-13-19-8-6-7-9-20(19)22(31)33-18(5)21(30)28-11-16(3)32-17(4)12-28/h6-10,16-18H,11-13H2,1-5H3. The molecule has 180 valence electrons. The molecule has 0 N–H and O–H groups in total. The minimum absolute atomic E-state index is 0.0514. The van der Waals surface area contributed by atoms with Crippen molar-refractivity contribution in [1.29, 1.82) is 0 Å². The molecule has 0 saturated carbocycles. The molecule has 1 saturated heterocycles. The first-order chi connectivity index (χ1) is 16.2. The second-order valence-electron chi connectivity index (χ2n) is 8.64. The molecule has 34 heavy (non-hydrogen) atoms. The summed E-state index contributed by atoms with van der Waals surface area (Å²) in [7, 11) is 0. The number of fused-ring (bicyclic) bond motifs is 1. The number of carbonyl (C=O) groups is 2. The van der Waals surface area contributed by atoms with Gasteiger partial charge in [-0.05, 0) is 52.3 Å². The number of esters is 1. The Kier molecular flexibility index (Phi) is 7.18. The largest absolute Gasteiger partial charge is 0.449 e. The van der Waals surface area contributed by atoms with Gasteiger partial charge in [0.15, 0.2) is 6.10 Å². The third-order valence-electron chi connectivity index (χ3n) is 5.56. The van der Waals surface area contributed by atoms with Gasteiger partial charge in [0.05, 0.1) is 17.8 Å². The monoisotopic (exact) mass is 483 g/mol.